The van der Waals surface area contributed by atoms with Crippen LogP contribution in [0.1, 0.15) is 18.1 Å². The molecule has 7 heteroatoms. The van der Waals surface area contributed by atoms with Crippen LogP contribution >= 0.6 is 0 Å². The van der Waals surface area contributed by atoms with E-state index in [-0.39, 0.29) is 11.9 Å². The Morgan fingerprint density at radius 2 is 2.07 bits per heavy atom. The van der Waals surface area contributed by atoms with E-state index in [4.69, 9.17) is 4.74 Å². The topological polar surface area (TPSA) is 91.9 Å². The van der Waals surface area contributed by atoms with Crippen molar-refractivity contribution in [3.8, 4) is 17.0 Å². The highest BCUT2D eigenvalue weighted by Crippen LogP contribution is 2.24. The van der Waals surface area contributed by atoms with Gasteiger partial charge in [-0.2, -0.15) is 15.4 Å². The van der Waals surface area contributed by atoms with Gasteiger partial charge < -0.3 is 15.4 Å². The molecule has 1 unspecified atom stereocenters. The van der Waals surface area contributed by atoms with E-state index in [1.807, 2.05) is 43.3 Å². The minimum Gasteiger partial charge on any atom is -0.494 e. The van der Waals surface area contributed by atoms with Crippen LogP contribution in [0.2, 0.25) is 0 Å². The van der Waals surface area contributed by atoms with Crippen molar-refractivity contribution < 1.29 is 9.53 Å². The van der Waals surface area contributed by atoms with Gasteiger partial charge in [0.05, 0.1) is 18.8 Å². The van der Waals surface area contributed by atoms with Crippen LogP contribution in [0.4, 0.5) is 5.69 Å². The molecule has 0 bridgehead atoms. The number of carbonyl (C=O) groups is 1. The number of carbonyl (C=O) groups excluding carboxylic acids is 1. The summed E-state index contributed by atoms with van der Waals surface area (Å²) in [6, 6.07) is 13.3. The summed E-state index contributed by atoms with van der Waals surface area (Å²) >= 11 is 0. The van der Waals surface area contributed by atoms with Gasteiger partial charge in [0.2, 0.25) is 5.91 Å². The molecule has 138 valence electrons. The van der Waals surface area contributed by atoms with Crippen LogP contribution in [0.25, 0.3) is 11.3 Å². The minimum atomic E-state index is -0.274. The Balaban J connectivity index is 1.42. The van der Waals surface area contributed by atoms with Crippen molar-refractivity contribution in [1.29, 1.82) is 0 Å². The van der Waals surface area contributed by atoms with Crippen LogP contribution in [0.15, 0.2) is 48.7 Å². The molecule has 4 rings (SSSR count). The number of amides is 1. The van der Waals surface area contributed by atoms with Crippen molar-refractivity contribution in [2.24, 2.45) is 0 Å². The first-order valence-electron chi connectivity index (χ1n) is 8.98. The van der Waals surface area contributed by atoms with Crippen molar-refractivity contribution in [3.05, 3.63) is 59.8 Å². The van der Waals surface area contributed by atoms with Gasteiger partial charge >= 0.3 is 0 Å². The first kappa shape index (κ1) is 17.2. The zero-order chi connectivity index (χ0) is 18.6. The summed E-state index contributed by atoms with van der Waals surface area (Å²) in [4.78, 5) is 12.7. The molecule has 27 heavy (non-hydrogen) atoms. The Labute approximate surface area is 157 Å². The Morgan fingerprint density at radius 3 is 2.81 bits per heavy atom. The molecule has 2 aromatic carbocycles. The zero-order valence-corrected chi connectivity index (χ0v) is 15.0. The first-order chi connectivity index (χ1) is 13.2. The zero-order valence-electron chi connectivity index (χ0n) is 15.0. The largest absolute Gasteiger partial charge is 0.494 e. The average Bonchev–Trinajstić information content (AvgIpc) is 3.23. The fraction of sp³-hybridized carbons (Fsp3) is 0.250. The van der Waals surface area contributed by atoms with E-state index >= 15 is 0 Å². The fourth-order valence-electron chi connectivity index (χ4n) is 3.23. The third-order valence-corrected chi connectivity index (χ3v) is 4.63. The van der Waals surface area contributed by atoms with E-state index in [1.54, 1.807) is 6.20 Å². The molecule has 0 radical (unpaired) electrons. The van der Waals surface area contributed by atoms with Crippen molar-refractivity contribution in [2.75, 3.05) is 11.9 Å². The van der Waals surface area contributed by atoms with Gasteiger partial charge in [-0.1, -0.05) is 18.2 Å². The Morgan fingerprint density at radius 1 is 1.22 bits per heavy atom. The molecule has 0 saturated carbocycles. The smallest absolute Gasteiger partial charge is 0.241 e. The molecule has 1 atom stereocenters. The number of rotatable bonds is 5. The molecular weight excluding hydrogens is 342 g/mol. The first-order valence-corrected chi connectivity index (χ1v) is 8.98. The lowest BCUT2D eigenvalue weighted by atomic mass is 9.95. The van der Waals surface area contributed by atoms with E-state index in [2.05, 4.69) is 32.1 Å². The molecule has 0 saturated heterocycles. The van der Waals surface area contributed by atoms with Crippen LogP contribution in [0.5, 0.6) is 5.75 Å². The monoisotopic (exact) mass is 363 g/mol. The standard InChI is InChI=1S/C20H21N5O2/c1-2-27-17-8-5-14-11-21-18(10-15(14)9-17)20(26)23-16-6-3-13(4-7-16)19-12-22-25-24-19/h3-9,12,18,21H,2,10-11H2,1H3,(H,23,26)(H,22,24,25). The van der Waals surface area contributed by atoms with Crippen LogP contribution in [0.3, 0.4) is 0 Å². The predicted octanol–water partition coefficient (Wildman–Crippen LogP) is 2.52. The third-order valence-electron chi connectivity index (χ3n) is 4.63. The number of anilines is 1. The molecule has 1 amide bonds. The third kappa shape index (κ3) is 3.83. The molecule has 7 nitrogen and oxygen atoms in total. The quantitative estimate of drug-likeness (QED) is 0.648. The van der Waals surface area contributed by atoms with Crippen LogP contribution in [-0.4, -0.2) is 34.0 Å². The molecule has 1 aliphatic rings. The average molecular weight is 363 g/mol. The maximum Gasteiger partial charge on any atom is 0.241 e. The summed E-state index contributed by atoms with van der Waals surface area (Å²) in [6.45, 7) is 3.27. The fourth-order valence-corrected chi connectivity index (χ4v) is 3.23. The highest BCUT2D eigenvalue weighted by atomic mass is 16.5. The van der Waals surface area contributed by atoms with Crippen molar-refractivity contribution in [2.45, 2.75) is 25.9 Å². The Kier molecular flexibility index (Phi) is 4.84. The van der Waals surface area contributed by atoms with Gasteiger partial charge in [-0.25, -0.2) is 0 Å². The molecule has 3 aromatic rings. The molecule has 0 aliphatic carbocycles. The normalized spacial score (nSPS) is 15.8. The number of ether oxygens (including phenoxy) is 1. The molecule has 1 aliphatic heterocycles. The van der Waals surface area contributed by atoms with Crippen molar-refractivity contribution in [1.82, 2.24) is 20.7 Å². The number of H-pyrrole nitrogens is 1. The number of fused-ring (bicyclic) bond motifs is 1. The lowest BCUT2D eigenvalue weighted by molar-refractivity contribution is -0.118. The van der Waals surface area contributed by atoms with Crippen molar-refractivity contribution in [3.63, 3.8) is 0 Å². The second kappa shape index (κ2) is 7.59. The summed E-state index contributed by atoms with van der Waals surface area (Å²) in [5.74, 6) is 0.803. The van der Waals surface area contributed by atoms with Gasteiger partial charge in [-0.3, -0.25) is 4.79 Å². The summed E-state index contributed by atoms with van der Waals surface area (Å²) in [5, 5.41) is 16.7. The summed E-state index contributed by atoms with van der Waals surface area (Å²) in [7, 11) is 0. The van der Waals surface area contributed by atoms with Crippen LogP contribution in [0, 0.1) is 0 Å². The lowest BCUT2D eigenvalue weighted by Crippen LogP contribution is -2.44. The van der Waals surface area contributed by atoms with Gasteiger partial charge in [-0.15, -0.1) is 0 Å². The summed E-state index contributed by atoms with van der Waals surface area (Å²) < 4.78 is 5.57. The SMILES string of the molecule is CCOc1ccc2c(c1)CC(C(=O)Nc1ccc(-c3cn[nH]n3)cc1)NC2. The second-order valence-electron chi connectivity index (χ2n) is 6.42. The summed E-state index contributed by atoms with van der Waals surface area (Å²) in [5.41, 5.74) is 4.82. The van der Waals surface area contributed by atoms with Gasteiger partial charge in [0.15, 0.2) is 0 Å². The molecule has 0 spiro atoms. The Hall–Kier alpha value is -3.19. The predicted molar refractivity (Wildman–Crippen MR) is 102 cm³/mol. The summed E-state index contributed by atoms with van der Waals surface area (Å²) in [6.07, 6.45) is 2.30. The number of nitrogens with one attached hydrogen (secondary N) is 3. The van der Waals surface area contributed by atoms with Gasteiger partial charge in [0, 0.05) is 17.8 Å². The highest BCUT2D eigenvalue weighted by Gasteiger charge is 2.24. The van der Waals surface area contributed by atoms with Crippen molar-refractivity contribution >= 4 is 11.6 Å². The molecule has 2 heterocycles. The number of benzene rings is 2. The van der Waals surface area contributed by atoms with Gasteiger partial charge in [0.1, 0.15) is 11.4 Å². The maximum absolute atomic E-state index is 12.7. The number of aromatic amines is 1. The Bertz CT molecular complexity index is 922. The van der Waals surface area contributed by atoms with E-state index in [1.165, 1.54) is 5.56 Å². The van der Waals surface area contributed by atoms with E-state index < -0.39 is 0 Å². The molecular formula is C20H21N5O2. The lowest BCUT2D eigenvalue weighted by Gasteiger charge is -2.26. The number of hydrogen-bond donors (Lipinski definition) is 3. The number of hydrogen-bond acceptors (Lipinski definition) is 5. The maximum atomic E-state index is 12.7. The second-order valence-corrected chi connectivity index (χ2v) is 6.42. The van der Waals surface area contributed by atoms with E-state index in [0.717, 1.165) is 28.3 Å². The van der Waals surface area contributed by atoms with Crippen LogP contribution < -0.4 is 15.4 Å². The highest BCUT2D eigenvalue weighted by molar-refractivity contribution is 5.95. The molecule has 0 fully saturated rings. The van der Waals surface area contributed by atoms with Crippen LogP contribution in [-0.2, 0) is 17.8 Å². The number of nitrogens with zero attached hydrogens (tertiary/aromatic N) is 2. The van der Waals surface area contributed by atoms with E-state index in [0.29, 0.717) is 19.6 Å². The van der Waals surface area contributed by atoms with Gasteiger partial charge in [0.25, 0.3) is 0 Å². The van der Waals surface area contributed by atoms with E-state index in [9.17, 15) is 4.79 Å². The van der Waals surface area contributed by atoms with Gasteiger partial charge in [-0.05, 0) is 48.7 Å². The minimum absolute atomic E-state index is 0.0448. The number of aromatic nitrogens is 3. The molecule has 1 aromatic heterocycles. The molecule has 3 N–H and O–H groups in total.